The first-order valence-electron chi connectivity index (χ1n) is 12.0. The Morgan fingerprint density at radius 3 is 2.57 bits per heavy atom. The fraction of sp³-hybridized carbons (Fsp3) is 0.423. The number of aryl methyl sites for hydroxylation is 1. The normalized spacial score (nSPS) is 16.9. The van der Waals surface area contributed by atoms with Gasteiger partial charge < -0.3 is 20.5 Å². The van der Waals surface area contributed by atoms with Gasteiger partial charge in [-0.15, -0.1) is 0 Å². The molecule has 1 aliphatic heterocycles. The van der Waals surface area contributed by atoms with Crippen molar-refractivity contribution >= 4 is 28.5 Å². The van der Waals surface area contributed by atoms with Gasteiger partial charge in [-0.1, -0.05) is 19.9 Å². The van der Waals surface area contributed by atoms with Crippen molar-refractivity contribution in [1.82, 2.24) is 14.9 Å². The van der Waals surface area contributed by atoms with E-state index in [-0.39, 0.29) is 18.4 Å². The number of hydrogen-bond donors (Lipinski definition) is 2. The Morgan fingerprint density at radius 2 is 1.89 bits per heavy atom. The third kappa shape index (κ3) is 4.07. The van der Waals surface area contributed by atoms with Crippen LogP contribution in [0.25, 0.3) is 11.0 Å². The molecule has 1 aromatic heterocycles. The molecule has 3 N–H and O–H groups in total. The number of imidazole rings is 1. The van der Waals surface area contributed by atoms with Crippen LogP contribution in [0.3, 0.4) is 0 Å². The highest BCUT2D eigenvalue weighted by atomic mass is 19.1. The minimum absolute atomic E-state index is 0.0363. The molecule has 2 aromatic carbocycles. The van der Waals surface area contributed by atoms with E-state index in [2.05, 4.69) is 10.3 Å². The Hall–Kier alpha value is -3.33. The molecule has 35 heavy (non-hydrogen) atoms. The molecule has 0 unspecified atom stereocenters. The lowest BCUT2D eigenvalue weighted by atomic mass is 9.98. The number of fused-ring (bicyclic) bond motifs is 3. The summed E-state index contributed by atoms with van der Waals surface area (Å²) >= 11 is 0. The second-order valence-corrected chi connectivity index (χ2v) is 9.88. The lowest BCUT2D eigenvalue weighted by Crippen LogP contribution is -2.45. The number of nitrogens with zero attached hydrogens (tertiary/aromatic N) is 3. The van der Waals surface area contributed by atoms with E-state index in [9.17, 15) is 18.4 Å². The molecule has 3 aromatic rings. The van der Waals surface area contributed by atoms with Crippen molar-refractivity contribution in [2.24, 2.45) is 11.7 Å². The van der Waals surface area contributed by atoms with Crippen molar-refractivity contribution in [2.45, 2.75) is 57.7 Å². The van der Waals surface area contributed by atoms with E-state index in [0.717, 1.165) is 23.9 Å². The molecular formula is C26H29F2N5O2. The molecule has 1 saturated carbocycles. The van der Waals surface area contributed by atoms with Crippen LogP contribution in [0.1, 0.15) is 44.5 Å². The molecule has 2 amide bonds. The predicted octanol–water partition coefficient (Wildman–Crippen LogP) is 3.38. The Balaban J connectivity index is 1.42. The summed E-state index contributed by atoms with van der Waals surface area (Å²) < 4.78 is 30.0. The average Bonchev–Trinajstić information content (AvgIpc) is 3.49. The second-order valence-electron chi connectivity index (χ2n) is 9.88. The fourth-order valence-corrected chi connectivity index (χ4v) is 5.20. The summed E-state index contributed by atoms with van der Waals surface area (Å²) in [6.07, 6.45) is 2.17. The molecule has 1 fully saturated rings. The lowest BCUT2D eigenvalue weighted by Gasteiger charge is -2.20. The number of amides is 2. The summed E-state index contributed by atoms with van der Waals surface area (Å²) in [6, 6.07) is 8.53. The molecular weight excluding hydrogens is 452 g/mol. The van der Waals surface area contributed by atoms with Gasteiger partial charge in [0.05, 0.1) is 34.7 Å². The van der Waals surface area contributed by atoms with E-state index in [4.69, 9.17) is 5.73 Å². The monoisotopic (exact) mass is 481 g/mol. The van der Waals surface area contributed by atoms with Crippen LogP contribution >= 0.6 is 0 Å². The van der Waals surface area contributed by atoms with E-state index in [0.29, 0.717) is 36.5 Å². The number of aromatic nitrogens is 2. The summed E-state index contributed by atoms with van der Waals surface area (Å²) in [5.41, 5.74) is 7.65. The fourth-order valence-electron chi connectivity index (χ4n) is 5.20. The number of hydrogen-bond acceptors (Lipinski definition) is 4. The first-order chi connectivity index (χ1) is 16.7. The minimum Gasteiger partial charge on any atom is -0.368 e. The van der Waals surface area contributed by atoms with Crippen LogP contribution in [-0.4, -0.2) is 34.0 Å². The largest absolute Gasteiger partial charge is 0.368 e. The molecule has 1 aliphatic carbocycles. The summed E-state index contributed by atoms with van der Waals surface area (Å²) in [6.45, 7) is 5.11. The number of benzene rings is 2. The molecule has 0 bridgehead atoms. The van der Waals surface area contributed by atoms with Crippen LogP contribution in [-0.2, 0) is 28.1 Å². The molecule has 5 rings (SSSR count). The Labute approximate surface area is 202 Å². The van der Waals surface area contributed by atoms with E-state index >= 15 is 0 Å². The Bertz CT molecular complexity index is 1310. The molecule has 1 atom stereocenters. The first-order valence-corrected chi connectivity index (χ1v) is 12.0. The average molecular weight is 482 g/mol. The number of nitrogens with one attached hydrogen (secondary N) is 1. The van der Waals surface area contributed by atoms with E-state index in [1.165, 1.54) is 24.3 Å². The third-order valence-corrected chi connectivity index (χ3v) is 7.16. The number of carbonyl (C=O) groups excluding carboxylic acids is 2. The molecule has 9 heteroatoms. The zero-order chi connectivity index (χ0) is 24.9. The number of primary amides is 1. The quantitative estimate of drug-likeness (QED) is 0.458. The smallest absolute Gasteiger partial charge is 0.238 e. The van der Waals surface area contributed by atoms with E-state index in [1.54, 1.807) is 17.0 Å². The van der Waals surface area contributed by atoms with Crippen LogP contribution in [0.4, 0.5) is 14.5 Å². The van der Waals surface area contributed by atoms with Gasteiger partial charge in [0.1, 0.15) is 17.5 Å². The number of anilines is 1. The first kappa shape index (κ1) is 23.4. The van der Waals surface area contributed by atoms with Gasteiger partial charge in [-0.05, 0) is 61.6 Å². The van der Waals surface area contributed by atoms with Gasteiger partial charge in [0, 0.05) is 12.6 Å². The maximum Gasteiger partial charge on any atom is 0.238 e. The van der Waals surface area contributed by atoms with Gasteiger partial charge in [-0.3, -0.25) is 9.59 Å². The summed E-state index contributed by atoms with van der Waals surface area (Å²) in [5.74, 6) is -0.547. The highest BCUT2D eigenvalue weighted by molar-refractivity contribution is 6.10. The molecule has 184 valence electrons. The molecule has 1 spiro atoms. The topological polar surface area (TPSA) is 93.2 Å². The molecule has 0 saturated heterocycles. The van der Waals surface area contributed by atoms with Crippen molar-refractivity contribution in [1.29, 1.82) is 0 Å². The Kier molecular flexibility index (Phi) is 5.83. The number of halogens is 2. The van der Waals surface area contributed by atoms with Crippen LogP contribution in [0.15, 0.2) is 36.4 Å². The number of carbonyl (C=O) groups is 2. The maximum absolute atomic E-state index is 14.1. The number of rotatable bonds is 9. The van der Waals surface area contributed by atoms with Gasteiger partial charge in [0.15, 0.2) is 0 Å². The third-order valence-electron chi connectivity index (χ3n) is 7.16. The van der Waals surface area contributed by atoms with Crippen LogP contribution in [0, 0.1) is 17.6 Å². The van der Waals surface area contributed by atoms with Gasteiger partial charge in [0.2, 0.25) is 11.8 Å². The summed E-state index contributed by atoms with van der Waals surface area (Å²) in [5, 5.41) is 3.20. The second kappa shape index (κ2) is 8.71. The van der Waals surface area contributed by atoms with E-state index in [1.807, 2.05) is 18.4 Å². The van der Waals surface area contributed by atoms with Gasteiger partial charge >= 0.3 is 0 Å². The van der Waals surface area contributed by atoms with Crippen molar-refractivity contribution in [2.75, 3.05) is 11.4 Å². The van der Waals surface area contributed by atoms with Crippen LogP contribution < -0.4 is 16.0 Å². The molecule has 2 aliphatic rings. The summed E-state index contributed by atoms with van der Waals surface area (Å²) in [4.78, 5) is 31.3. The lowest BCUT2D eigenvalue weighted by molar-refractivity contribution is -0.121. The van der Waals surface area contributed by atoms with E-state index < -0.39 is 29.0 Å². The van der Waals surface area contributed by atoms with Crippen molar-refractivity contribution in [3.63, 3.8) is 0 Å². The molecule has 0 radical (unpaired) electrons. The van der Waals surface area contributed by atoms with Crippen LogP contribution in [0.5, 0.6) is 0 Å². The van der Waals surface area contributed by atoms with Gasteiger partial charge in [0.25, 0.3) is 0 Å². The SMILES string of the molecule is CC(C)[C@H](NCCCn1c(CN2C(=O)C3(CC3)c3ccc(F)cc32)nc2cc(F)ccc21)C(N)=O. The summed E-state index contributed by atoms with van der Waals surface area (Å²) in [7, 11) is 0. The van der Waals surface area contributed by atoms with Crippen molar-refractivity contribution < 1.29 is 18.4 Å². The van der Waals surface area contributed by atoms with Crippen molar-refractivity contribution in [3.05, 3.63) is 59.4 Å². The molecule has 2 heterocycles. The molecule has 7 nitrogen and oxygen atoms in total. The predicted molar refractivity (Wildman–Crippen MR) is 129 cm³/mol. The maximum atomic E-state index is 14.1. The standard InChI is InChI=1S/C26H29F2N5O2/c1-15(2)23(24(29)34)30-10-3-11-32-20-7-5-16(27)12-19(20)31-22(32)14-33-21-13-17(28)4-6-18(21)26(8-9-26)25(33)35/h4-7,12-13,15,23,30H,3,8-11,14H2,1-2H3,(H2,29,34)/t23-/m0/s1. The zero-order valence-electron chi connectivity index (χ0n) is 19.9. The minimum atomic E-state index is -0.545. The van der Waals surface area contributed by atoms with Gasteiger partial charge in [-0.2, -0.15) is 0 Å². The van der Waals surface area contributed by atoms with Gasteiger partial charge in [-0.25, -0.2) is 13.8 Å². The highest BCUT2D eigenvalue weighted by Crippen LogP contribution is 2.57. The highest BCUT2D eigenvalue weighted by Gasteiger charge is 2.59. The zero-order valence-corrected chi connectivity index (χ0v) is 19.9. The number of nitrogens with two attached hydrogens (primary N) is 1. The Morgan fingerprint density at radius 1 is 1.17 bits per heavy atom. The van der Waals surface area contributed by atoms with Crippen molar-refractivity contribution in [3.8, 4) is 0 Å². The van der Waals surface area contributed by atoms with Crippen LogP contribution in [0.2, 0.25) is 0 Å².